The number of fused-ring (bicyclic) bond motifs is 1. The van der Waals surface area contributed by atoms with Gasteiger partial charge in [-0.15, -0.1) is 16.9 Å². The van der Waals surface area contributed by atoms with Crippen LogP contribution in [0.2, 0.25) is 0 Å². The molecule has 3 heterocycles. The van der Waals surface area contributed by atoms with Crippen molar-refractivity contribution in [3.8, 4) is 5.69 Å². The number of carbonyl (C=O) groups is 2. The van der Waals surface area contributed by atoms with Crippen LogP contribution in [0.25, 0.3) is 5.69 Å². The number of nitrogens with zero attached hydrogens (tertiary/aromatic N) is 6. The zero-order valence-electron chi connectivity index (χ0n) is 20.4. The third-order valence-corrected chi connectivity index (χ3v) is 7.69. The van der Waals surface area contributed by atoms with Crippen LogP contribution < -0.4 is 0 Å². The van der Waals surface area contributed by atoms with Crippen LogP contribution in [0.3, 0.4) is 0 Å². The standard InChI is InChI=1S/C26H30N6O3S/c1-36-24-16-22(32-18-27-28-29-32)7-6-20(24)15-25(33)31-12-10-30(11-13-31)9-8-19-4-2-3-5-23-21(14-19)17-35-26(23)34/h4-7,14,16,18H,2-3,8-13,15,17H2,1H3/b19-4-,21-14-,23-5?. The molecule has 9 nitrogen and oxygen atoms in total. The van der Waals surface area contributed by atoms with Crippen molar-refractivity contribution in [3.63, 3.8) is 0 Å². The second kappa shape index (κ2) is 11.2. The Morgan fingerprint density at radius 1 is 1.14 bits per heavy atom. The average molecular weight is 507 g/mol. The van der Waals surface area contributed by atoms with Gasteiger partial charge in [-0.05, 0) is 53.6 Å². The third kappa shape index (κ3) is 5.60. The molecule has 2 fully saturated rings. The molecule has 0 saturated carbocycles. The highest BCUT2D eigenvalue weighted by atomic mass is 32.2. The molecule has 1 aliphatic carbocycles. The molecule has 1 aromatic carbocycles. The monoisotopic (exact) mass is 506 g/mol. The van der Waals surface area contributed by atoms with E-state index in [4.69, 9.17) is 4.74 Å². The molecular weight excluding hydrogens is 476 g/mol. The van der Waals surface area contributed by atoms with Gasteiger partial charge in [-0.2, -0.15) is 0 Å². The van der Waals surface area contributed by atoms with E-state index in [1.807, 2.05) is 35.4 Å². The Labute approximate surface area is 214 Å². The Hall–Kier alpha value is -3.24. The quantitative estimate of drug-likeness (QED) is 0.418. The Morgan fingerprint density at radius 3 is 2.75 bits per heavy atom. The summed E-state index contributed by atoms with van der Waals surface area (Å²) >= 11 is 1.62. The van der Waals surface area contributed by atoms with Gasteiger partial charge in [-0.25, -0.2) is 9.48 Å². The number of benzene rings is 1. The summed E-state index contributed by atoms with van der Waals surface area (Å²) in [6.45, 7) is 4.55. The maximum atomic E-state index is 13.1. The molecule has 2 aliphatic heterocycles. The van der Waals surface area contributed by atoms with Gasteiger partial charge in [0.1, 0.15) is 12.9 Å². The van der Waals surface area contributed by atoms with Crippen LogP contribution in [0, 0.1) is 0 Å². The summed E-state index contributed by atoms with van der Waals surface area (Å²) in [6, 6.07) is 5.97. The van der Waals surface area contributed by atoms with Crippen molar-refractivity contribution in [2.24, 2.45) is 0 Å². The molecule has 0 unspecified atom stereocenters. The summed E-state index contributed by atoms with van der Waals surface area (Å²) in [6.07, 6.45) is 13.1. The molecule has 1 amide bonds. The van der Waals surface area contributed by atoms with Crippen LogP contribution in [-0.4, -0.2) is 87.5 Å². The van der Waals surface area contributed by atoms with E-state index in [9.17, 15) is 9.59 Å². The minimum Gasteiger partial charge on any atom is -0.457 e. The summed E-state index contributed by atoms with van der Waals surface area (Å²) in [5.74, 6) is -0.0332. The van der Waals surface area contributed by atoms with Crippen LogP contribution in [0.4, 0.5) is 0 Å². The molecular formula is C26H30N6O3S. The fraction of sp³-hybridized carbons (Fsp3) is 0.423. The molecule has 0 N–H and O–H groups in total. The van der Waals surface area contributed by atoms with Crippen LogP contribution in [0.5, 0.6) is 0 Å². The number of cyclic esters (lactones) is 1. The molecule has 0 spiro atoms. The van der Waals surface area contributed by atoms with Crippen molar-refractivity contribution >= 4 is 23.6 Å². The van der Waals surface area contributed by atoms with Crippen molar-refractivity contribution in [1.82, 2.24) is 30.0 Å². The van der Waals surface area contributed by atoms with Crippen LogP contribution >= 0.6 is 11.8 Å². The molecule has 0 atom stereocenters. The molecule has 0 bridgehead atoms. The van der Waals surface area contributed by atoms with Gasteiger partial charge in [0.25, 0.3) is 0 Å². The lowest BCUT2D eigenvalue weighted by Crippen LogP contribution is -2.49. The summed E-state index contributed by atoms with van der Waals surface area (Å²) in [7, 11) is 0. The largest absolute Gasteiger partial charge is 0.457 e. The molecule has 1 aromatic heterocycles. The van der Waals surface area contributed by atoms with E-state index in [1.165, 1.54) is 5.57 Å². The highest BCUT2D eigenvalue weighted by molar-refractivity contribution is 7.98. The zero-order chi connectivity index (χ0) is 24.9. The van der Waals surface area contributed by atoms with E-state index >= 15 is 0 Å². The van der Waals surface area contributed by atoms with E-state index in [1.54, 1.807) is 22.8 Å². The van der Waals surface area contributed by atoms with Gasteiger partial charge in [0.05, 0.1) is 17.7 Å². The van der Waals surface area contributed by atoms with E-state index in [2.05, 4.69) is 32.6 Å². The second-order valence-electron chi connectivity index (χ2n) is 9.12. The minimum atomic E-state index is -0.198. The fourth-order valence-corrected chi connectivity index (χ4v) is 5.44. The number of ether oxygens (including phenoxy) is 1. The average Bonchev–Trinajstić information content (AvgIpc) is 3.54. The number of tetrazole rings is 1. The van der Waals surface area contributed by atoms with Gasteiger partial charge in [0, 0.05) is 43.2 Å². The molecule has 2 aromatic rings. The Balaban J connectivity index is 1.12. The number of aromatic nitrogens is 4. The van der Waals surface area contributed by atoms with E-state index in [-0.39, 0.29) is 11.9 Å². The first kappa shape index (κ1) is 24.5. The van der Waals surface area contributed by atoms with Crippen molar-refractivity contribution in [3.05, 3.63) is 65.0 Å². The lowest BCUT2D eigenvalue weighted by atomic mass is 9.98. The Morgan fingerprint density at radius 2 is 1.97 bits per heavy atom. The lowest BCUT2D eigenvalue weighted by molar-refractivity contribution is -0.135. The highest BCUT2D eigenvalue weighted by Gasteiger charge is 2.25. The molecule has 3 aliphatic rings. The highest BCUT2D eigenvalue weighted by Crippen LogP contribution is 2.27. The topological polar surface area (TPSA) is 93.5 Å². The summed E-state index contributed by atoms with van der Waals surface area (Å²) in [5, 5.41) is 11.3. The molecule has 2 saturated heterocycles. The Bertz CT molecular complexity index is 1210. The molecule has 10 heteroatoms. The van der Waals surface area contributed by atoms with E-state index < -0.39 is 0 Å². The van der Waals surface area contributed by atoms with Crippen molar-refractivity contribution < 1.29 is 14.3 Å². The van der Waals surface area contributed by atoms with Crippen molar-refractivity contribution in [2.45, 2.75) is 30.6 Å². The van der Waals surface area contributed by atoms with Gasteiger partial charge in [-0.3, -0.25) is 9.69 Å². The van der Waals surface area contributed by atoms with Gasteiger partial charge in [-0.1, -0.05) is 29.9 Å². The van der Waals surface area contributed by atoms with Gasteiger partial charge in [0.2, 0.25) is 5.91 Å². The zero-order valence-corrected chi connectivity index (χ0v) is 21.2. The van der Waals surface area contributed by atoms with Crippen LogP contribution in [-0.2, 0) is 20.7 Å². The number of hydrogen-bond donors (Lipinski definition) is 0. The number of carbonyl (C=O) groups excluding carboxylic acids is 2. The van der Waals surface area contributed by atoms with Crippen molar-refractivity contribution in [2.75, 3.05) is 45.6 Å². The molecule has 0 radical (unpaired) electrons. The van der Waals surface area contributed by atoms with Gasteiger partial charge >= 0.3 is 5.97 Å². The maximum Gasteiger partial charge on any atom is 0.338 e. The molecule has 5 rings (SSSR count). The summed E-state index contributed by atoms with van der Waals surface area (Å²) < 4.78 is 6.82. The van der Waals surface area contributed by atoms with Gasteiger partial charge in [0.15, 0.2) is 0 Å². The SMILES string of the molecule is CSc1cc(-n2cnnn2)ccc1CC(=O)N1CCN(CCC2=C/CCC=C3C(=O)OC\C3=C\2)CC1. The van der Waals surface area contributed by atoms with Gasteiger partial charge < -0.3 is 9.64 Å². The number of hydrogen-bond acceptors (Lipinski definition) is 8. The lowest BCUT2D eigenvalue weighted by Gasteiger charge is -2.35. The summed E-state index contributed by atoms with van der Waals surface area (Å²) in [5.41, 5.74) is 4.91. The maximum absolute atomic E-state index is 13.1. The second-order valence-corrected chi connectivity index (χ2v) is 9.97. The number of thioether (sulfide) groups is 1. The number of rotatable bonds is 7. The Kier molecular flexibility index (Phi) is 7.62. The predicted octanol–water partition coefficient (Wildman–Crippen LogP) is 2.59. The van der Waals surface area contributed by atoms with E-state index in [0.29, 0.717) is 13.0 Å². The fourth-order valence-electron chi connectivity index (χ4n) is 4.80. The first-order chi connectivity index (χ1) is 17.6. The number of allylic oxidation sites excluding steroid dienone is 3. The minimum absolute atomic E-state index is 0.165. The predicted molar refractivity (Wildman–Crippen MR) is 137 cm³/mol. The normalized spacial score (nSPS) is 21.4. The smallest absolute Gasteiger partial charge is 0.338 e. The first-order valence-corrected chi connectivity index (χ1v) is 13.5. The summed E-state index contributed by atoms with van der Waals surface area (Å²) in [4.78, 5) is 30.4. The third-order valence-electron chi connectivity index (χ3n) is 6.87. The number of piperazine rings is 1. The van der Waals surface area contributed by atoms with Crippen LogP contribution in [0.1, 0.15) is 24.8 Å². The molecule has 188 valence electrons. The number of esters is 1. The molecule has 36 heavy (non-hydrogen) atoms. The number of amides is 1. The van der Waals surface area contributed by atoms with E-state index in [0.717, 1.165) is 79.3 Å². The van der Waals surface area contributed by atoms with Crippen LogP contribution in [0.15, 0.2) is 64.4 Å². The van der Waals surface area contributed by atoms with Crippen molar-refractivity contribution in [1.29, 1.82) is 0 Å². The first-order valence-electron chi connectivity index (χ1n) is 12.3.